The molecule has 0 radical (unpaired) electrons. The summed E-state index contributed by atoms with van der Waals surface area (Å²) in [6.45, 7) is 0. The summed E-state index contributed by atoms with van der Waals surface area (Å²) in [7, 11) is 0. The van der Waals surface area contributed by atoms with E-state index in [-0.39, 0.29) is 0 Å². The number of hydrogen-bond donors (Lipinski definition) is 0. The van der Waals surface area contributed by atoms with Crippen molar-refractivity contribution in [1.82, 2.24) is 9.97 Å². The van der Waals surface area contributed by atoms with E-state index in [0.717, 1.165) is 50.0 Å². The second-order valence-electron chi connectivity index (χ2n) is 14.5. The van der Waals surface area contributed by atoms with Gasteiger partial charge >= 0.3 is 0 Å². The van der Waals surface area contributed by atoms with Gasteiger partial charge in [0.25, 0.3) is 0 Å². The molecule has 0 amide bonds. The van der Waals surface area contributed by atoms with Crippen LogP contribution in [0.4, 0.5) is 0 Å². The first-order valence-corrected chi connectivity index (χ1v) is 18.7. The fraction of sp³-hybridized carbons (Fsp3) is 0. The molecule has 0 bridgehead atoms. The minimum Gasteiger partial charge on any atom is -0.452 e. The van der Waals surface area contributed by atoms with Gasteiger partial charge < -0.3 is 4.42 Å². The van der Waals surface area contributed by atoms with Crippen LogP contribution in [0, 0.1) is 0 Å². The molecule has 0 fully saturated rings. The molecular formula is C52H30N2O. The number of hydrogen-bond acceptors (Lipinski definition) is 3. The summed E-state index contributed by atoms with van der Waals surface area (Å²) in [6, 6.07) is 63.5. The Morgan fingerprint density at radius 1 is 0.291 bits per heavy atom. The van der Waals surface area contributed by atoms with E-state index in [1.807, 2.05) is 0 Å². The largest absolute Gasteiger partial charge is 0.452 e. The average molecular weight is 699 g/mol. The lowest BCUT2D eigenvalue weighted by Gasteiger charge is -2.12. The molecule has 2 aromatic heterocycles. The Morgan fingerprint density at radius 2 is 0.691 bits per heavy atom. The normalized spacial score (nSPS) is 12.0. The smallest absolute Gasteiger partial charge is 0.180 e. The average Bonchev–Trinajstić information content (AvgIpc) is 3.65. The molecule has 0 spiro atoms. The standard InChI is InChI=1S/C52H30N2O/c1-3-16-40-36(12-1)38-14-5-7-18-42(38)46-27-32(20-23-44(40)46)31-10-9-11-35(26-31)50-52-51(54-30-53-50)48-29-34(22-25-49(48)55-52)33-21-24-45-41-17-4-2-13-37(41)39-15-6-8-19-43(39)47(45)28-33/h1-30H. The minimum absolute atomic E-state index is 0.693. The van der Waals surface area contributed by atoms with E-state index in [2.05, 4.69) is 176 Å². The lowest BCUT2D eigenvalue weighted by Crippen LogP contribution is -1.88. The Labute approximate surface area is 315 Å². The number of rotatable bonds is 3. The van der Waals surface area contributed by atoms with Crippen molar-refractivity contribution < 1.29 is 4.42 Å². The van der Waals surface area contributed by atoms with Crippen LogP contribution >= 0.6 is 0 Å². The molecule has 0 N–H and O–H groups in total. The van der Waals surface area contributed by atoms with E-state index < -0.39 is 0 Å². The van der Waals surface area contributed by atoms with Crippen LogP contribution in [0.3, 0.4) is 0 Å². The van der Waals surface area contributed by atoms with E-state index in [1.165, 1.54) is 64.6 Å². The van der Waals surface area contributed by atoms with E-state index in [1.54, 1.807) is 6.33 Å². The summed E-state index contributed by atoms with van der Waals surface area (Å²) < 4.78 is 6.57. The van der Waals surface area contributed by atoms with Gasteiger partial charge in [0.1, 0.15) is 23.1 Å². The van der Waals surface area contributed by atoms with Crippen LogP contribution in [-0.2, 0) is 0 Å². The molecule has 0 unspecified atom stereocenters. The fourth-order valence-electron chi connectivity index (χ4n) is 8.98. The third-order valence-electron chi connectivity index (χ3n) is 11.5. The fourth-order valence-corrected chi connectivity index (χ4v) is 8.98. The maximum atomic E-state index is 6.57. The maximum Gasteiger partial charge on any atom is 0.180 e. The van der Waals surface area contributed by atoms with Gasteiger partial charge in [-0.15, -0.1) is 0 Å². The van der Waals surface area contributed by atoms with E-state index in [9.17, 15) is 0 Å². The highest BCUT2D eigenvalue weighted by atomic mass is 16.3. The molecule has 0 atom stereocenters. The van der Waals surface area contributed by atoms with Crippen LogP contribution in [-0.4, -0.2) is 9.97 Å². The molecule has 3 nitrogen and oxygen atoms in total. The zero-order valence-corrected chi connectivity index (χ0v) is 29.6. The van der Waals surface area contributed by atoms with Crippen LogP contribution in [0.1, 0.15) is 0 Å². The SMILES string of the molecule is c1cc(-c2ccc3c4ccccc4c4ccccc4c3c2)cc(-c2ncnc3c2oc2ccc(-c4ccc5c6ccccc6c6ccccc6c5c4)cc23)c1. The highest BCUT2D eigenvalue weighted by Crippen LogP contribution is 2.41. The zero-order chi connectivity index (χ0) is 36.0. The van der Waals surface area contributed by atoms with Crippen molar-refractivity contribution in [2.24, 2.45) is 0 Å². The quantitative estimate of drug-likeness (QED) is 0.172. The Balaban J connectivity index is 0.977. The first-order valence-electron chi connectivity index (χ1n) is 18.7. The van der Waals surface area contributed by atoms with Crippen molar-refractivity contribution in [2.45, 2.75) is 0 Å². The van der Waals surface area contributed by atoms with Crippen LogP contribution in [0.2, 0.25) is 0 Å². The molecule has 3 heteroatoms. The van der Waals surface area contributed by atoms with Gasteiger partial charge in [-0.2, -0.15) is 0 Å². The third kappa shape index (κ3) is 4.50. The summed E-state index contributed by atoms with van der Waals surface area (Å²) in [5.41, 5.74) is 8.63. The second-order valence-corrected chi connectivity index (χ2v) is 14.5. The molecule has 0 saturated carbocycles. The third-order valence-corrected chi connectivity index (χ3v) is 11.5. The van der Waals surface area contributed by atoms with Crippen molar-refractivity contribution in [3.8, 4) is 33.5 Å². The van der Waals surface area contributed by atoms with Gasteiger partial charge in [-0.25, -0.2) is 9.97 Å². The highest BCUT2D eigenvalue weighted by Gasteiger charge is 2.17. The van der Waals surface area contributed by atoms with E-state index >= 15 is 0 Å². The van der Waals surface area contributed by atoms with Gasteiger partial charge in [-0.05, 0) is 117 Å². The zero-order valence-electron chi connectivity index (χ0n) is 29.6. The Hall–Kier alpha value is -7.36. The number of aromatic nitrogens is 2. The summed E-state index contributed by atoms with van der Waals surface area (Å²) in [5.74, 6) is 0. The molecule has 12 aromatic rings. The number of nitrogens with zero attached hydrogens (tertiary/aromatic N) is 2. The second kappa shape index (κ2) is 11.6. The number of benzene rings is 10. The van der Waals surface area contributed by atoms with Crippen molar-refractivity contribution in [3.05, 3.63) is 182 Å². The van der Waals surface area contributed by atoms with Gasteiger partial charge in [0, 0.05) is 10.9 Å². The highest BCUT2D eigenvalue weighted by molar-refractivity contribution is 6.27. The minimum atomic E-state index is 0.693. The Morgan fingerprint density at radius 3 is 1.20 bits per heavy atom. The first kappa shape index (κ1) is 30.1. The molecule has 0 aliphatic heterocycles. The van der Waals surface area contributed by atoms with Crippen LogP contribution in [0.5, 0.6) is 0 Å². The Kier molecular flexibility index (Phi) is 6.34. The van der Waals surface area contributed by atoms with Crippen LogP contribution in [0.15, 0.2) is 187 Å². The summed E-state index contributed by atoms with van der Waals surface area (Å²) in [5, 5.41) is 16.2. The number of fused-ring (bicyclic) bond motifs is 15. The van der Waals surface area contributed by atoms with Gasteiger partial charge in [0.15, 0.2) is 5.58 Å². The predicted octanol–water partition coefficient (Wildman–Crippen LogP) is 14.3. The van der Waals surface area contributed by atoms with Gasteiger partial charge in [-0.3, -0.25) is 0 Å². The molecule has 0 aliphatic rings. The molecule has 0 saturated heterocycles. The van der Waals surface area contributed by atoms with Crippen molar-refractivity contribution in [2.75, 3.05) is 0 Å². The Bertz CT molecular complexity index is 3490. The molecule has 0 aliphatic carbocycles. The monoisotopic (exact) mass is 698 g/mol. The predicted molar refractivity (Wildman–Crippen MR) is 231 cm³/mol. The summed E-state index contributed by atoms with van der Waals surface area (Å²) in [4.78, 5) is 9.57. The van der Waals surface area contributed by atoms with Crippen LogP contribution < -0.4 is 0 Å². The molecule has 254 valence electrons. The lowest BCUT2D eigenvalue weighted by molar-refractivity contribution is 0.667. The summed E-state index contributed by atoms with van der Waals surface area (Å²) >= 11 is 0. The topological polar surface area (TPSA) is 38.9 Å². The van der Waals surface area contributed by atoms with E-state index in [4.69, 9.17) is 14.4 Å². The van der Waals surface area contributed by atoms with Crippen LogP contribution in [0.25, 0.3) is 120 Å². The molecule has 12 rings (SSSR count). The molecule has 10 aromatic carbocycles. The van der Waals surface area contributed by atoms with Gasteiger partial charge in [-0.1, -0.05) is 146 Å². The first-order chi connectivity index (χ1) is 27.3. The van der Waals surface area contributed by atoms with Gasteiger partial charge in [0.2, 0.25) is 0 Å². The molecular weight excluding hydrogens is 669 g/mol. The molecule has 55 heavy (non-hydrogen) atoms. The maximum absolute atomic E-state index is 6.57. The van der Waals surface area contributed by atoms with Crippen molar-refractivity contribution >= 4 is 86.7 Å². The van der Waals surface area contributed by atoms with E-state index in [0.29, 0.717) is 5.58 Å². The summed E-state index contributed by atoms with van der Waals surface area (Å²) in [6.07, 6.45) is 1.66. The number of furan rings is 1. The lowest BCUT2D eigenvalue weighted by atomic mass is 9.91. The van der Waals surface area contributed by atoms with Gasteiger partial charge in [0.05, 0.1) is 0 Å². The van der Waals surface area contributed by atoms with Crippen molar-refractivity contribution in [3.63, 3.8) is 0 Å². The van der Waals surface area contributed by atoms with Crippen molar-refractivity contribution in [1.29, 1.82) is 0 Å². The molecule has 2 heterocycles.